The van der Waals surface area contributed by atoms with E-state index in [2.05, 4.69) is 15.5 Å². The highest BCUT2D eigenvalue weighted by molar-refractivity contribution is 7.89. The third-order valence-electron chi connectivity index (χ3n) is 5.47. The summed E-state index contributed by atoms with van der Waals surface area (Å²) >= 11 is 0. The van der Waals surface area contributed by atoms with Gasteiger partial charge in [0.2, 0.25) is 15.9 Å². The summed E-state index contributed by atoms with van der Waals surface area (Å²) < 4.78 is 27.1. The molecule has 0 radical (unpaired) electrons. The third kappa shape index (κ3) is 4.23. The molecule has 0 atom stereocenters. The minimum absolute atomic E-state index is 0.0748. The summed E-state index contributed by atoms with van der Waals surface area (Å²) in [6.07, 6.45) is 0.277. The topological polar surface area (TPSA) is 98.8 Å². The fourth-order valence-corrected chi connectivity index (χ4v) is 5.03. The van der Waals surface area contributed by atoms with Gasteiger partial charge < -0.3 is 15.5 Å². The summed E-state index contributed by atoms with van der Waals surface area (Å²) in [6, 6.07) is 11.7. The van der Waals surface area contributed by atoms with Crippen molar-refractivity contribution in [3.05, 3.63) is 59.2 Å². The fourth-order valence-electron chi connectivity index (χ4n) is 3.61. The molecule has 1 saturated heterocycles. The van der Waals surface area contributed by atoms with E-state index in [1.807, 2.05) is 7.05 Å². The molecule has 0 aliphatic carbocycles. The lowest BCUT2D eigenvalue weighted by atomic mass is 10.1. The second-order valence-electron chi connectivity index (χ2n) is 7.63. The van der Waals surface area contributed by atoms with Crippen LogP contribution in [0, 0.1) is 0 Å². The van der Waals surface area contributed by atoms with Crippen molar-refractivity contribution in [2.45, 2.75) is 17.9 Å². The summed E-state index contributed by atoms with van der Waals surface area (Å²) in [6.45, 7) is 2.69. The van der Waals surface area contributed by atoms with Gasteiger partial charge in [-0.25, -0.2) is 8.42 Å². The third-order valence-corrected chi connectivity index (χ3v) is 7.38. The normalized spacial score (nSPS) is 17.4. The van der Waals surface area contributed by atoms with Crippen LogP contribution >= 0.6 is 0 Å². The van der Waals surface area contributed by atoms with E-state index in [1.54, 1.807) is 42.5 Å². The smallest absolute Gasteiger partial charge is 0.251 e. The van der Waals surface area contributed by atoms with Crippen LogP contribution in [0.3, 0.4) is 0 Å². The van der Waals surface area contributed by atoms with Gasteiger partial charge in [0, 0.05) is 44.0 Å². The minimum atomic E-state index is -3.50. The first-order chi connectivity index (χ1) is 14.3. The lowest BCUT2D eigenvalue weighted by Gasteiger charge is -2.31. The number of nitrogens with one attached hydrogen (secondary N) is 2. The molecular formula is C21H24N4O4S. The molecule has 2 aliphatic heterocycles. The van der Waals surface area contributed by atoms with Crippen LogP contribution in [-0.4, -0.2) is 62.7 Å². The van der Waals surface area contributed by atoms with E-state index in [1.165, 1.54) is 4.31 Å². The largest absolute Gasteiger partial charge is 0.348 e. The van der Waals surface area contributed by atoms with Crippen molar-refractivity contribution in [2.24, 2.45) is 0 Å². The van der Waals surface area contributed by atoms with Crippen LogP contribution in [0.5, 0.6) is 0 Å². The zero-order chi connectivity index (χ0) is 21.3. The maximum absolute atomic E-state index is 12.8. The number of sulfonamides is 1. The maximum atomic E-state index is 12.8. The summed E-state index contributed by atoms with van der Waals surface area (Å²) in [5.74, 6) is -0.319. The Labute approximate surface area is 175 Å². The van der Waals surface area contributed by atoms with Gasteiger partial charge in [-0.1, -0.05) is 12.1 Å². The Kier molecular flexibility index (Phi) is 5.59. The molecule has 2 heterocycles. The molecule has 1 fully saturated rings. The van der Waals surface area contributed by atoms with Gasteiger partial charge in [0.1, 0.15) is 0 Å². The number of benzene rings is 2. The predicted molar refractivity (Wildman–Crippen MR) is 113 cm³/mol. The molecule has 0 aromatic heterocycles. The van der Waals surface area contributed by atoms with E-state index in [0.717, 1.165) is 29.9 Å². The Balaban J connectivity index is 1.38. The number of hydrogen-bond donors (Lipinski definition) is 2. The molecule has 2 N–H and O–H groups in total. The van der Waals surface area contributed by atoms with E-state index in [-0.39, 0.29) is 29.7 Å². The van der Waals surface area contributed by atoms with E-state index >= 15 is 0 Å². The highest BCUT2D eigenvalue weighted by atomic mass is 32.2. The van der Waals surface area contributed by atoms with Crippen molar-refractivity contribution >= 4 is 27.5 Å². The van der Waals surface area contributed by atoms with Crippen LogP contribution in [-0.2, 0) is 27.8 Å². The van der Waals surface area contributed by atoms with Gasteiger partial charge in [0.05, 0.1) is 11.3 Å². The van der Waals surface area contributed by atoms with Gasteiger partial charge in [-0.3, -0.25) is 9.59 Å². The first-order valence-electron chi connectivity index (χ1n) is 9.81. The number of likely N-dealkylation sites (N-methyl/N-ethyl adjacent to an activating group) is 1. The predicted octanol–water partition coefficient (Wildman–Crippen LogP) is 1.05. The number of fused-ring (bicyclic) bond motifs is 1. The number of carbonyl (C=O) groups is 2. The van der Waals surface area contributed by atoms with Crippen LogP contribution in [0.1, 0.15) is 21.5 Å². The quantitative estimate of drug-likeness (QED) is 0.742. The average Bonchev–Trinajstić information content (AvgIpc) is 3.12. The number of anilines is 1. The molecule has 2 aliphatic rings. The molecule has 2 aromatic rings. The Morgan fingerprint density at radius 2 is 1.77 bits per heavy atom. The zero-order valence-electron chi connectivity index (χ0n) is 16.7. The second-order valence-corrected chi connectivity index (χ2v) is 9.57. The molecule has 0 bridgehead atoms. The van der Waals surface area contributed by atoms with Crippen LogP contribution in [0.15, 0.2) is 47.4 Å². The Bertz CT molecular complexity index is 1070. The Morgan fingerprint density at radius 3 is 2.47 bits per heavy atom. The molecule has 0 saturated carbocycles. The van der Waals surface area contributed by atoms with Crippen molar-refractivity contribution < 1.29 is 18.0 Å². The zero-order valence-corrected chi connectivity index (χ0v) is 17.5. The summed E-state index contributed by atoms with van der Waals surface area (Å²) in [4.78, 5) is 26.2. The van der Waals surface area contributed by atoms with Gasteiger partial charge in [0.25, 0.3) is 5.91 Å². The van der Waals surface area contributed by atoms with Crippen molar-refractivity contribution in [3.8, 4) is 0 Å². The first-order valence-corrected chi connectivity index (χ1v) is 11.3. The van der Waals surface area contributed by atoms with E-state index in [0.29, 0.717) is 18.7 Å². The van der Waals surface area contributed by atoms with Crippen molar-refractivity contribution in [2.75, 3.05) is 38.5 Å². The van der Waals surface area contributed by atoms with E-state index < -0.39 is 10.0 Å². The van der Waals surface area contributed by atoms with Gasteiger partial charge in [-0.05, 0) is 48.5 Å². The maximum Gasteiger partial charge on any atom is 0.251 e. The second kappa shape index (κ2) is 8.17. The van der Waals surface area contributed by atoms with Gasteiger partial charge in [-0.2, -0.15) is 4.31 Å². The molecule has 2 aromatic carbocycles. The first kappa shape index (κ1) is 20.5. The molecule has 158 valence electrons. The van der Waals surface area contributed by atoms with Gasteiger partial charge in [-0.15, -0.1) is 0 Å². The SMILES string of the molecule is CN1CCN(S(=O)(=O)c2ccc(CNC(=O)c3ccc4c(c3)CC(=O)N4)cc2)CC1. The number of piperazine rings is 1. The standard InChI is InChI=1S/C21H24N4O4S/c1-24-8-10-25(11-9-24)30(28,29)18-5-2-15(3-6-18)14-22-21(27)16-4-7-19-17(12-16)13-20(26)23-19/h2-7,12H,8-11,13-14H2,1H3,(H,22,27)(H,23,26). The van der Waals surface area contributed by atoms with Crippen LogP contribution in [0.4, 0.5) is 5.69 Å². The number of carbonyl (C=O) groups excluding carboxylic acids is 2. The summed E-state index contributed by atoms with van der Waals surface area (Å²) in [7, 11) is -1.52. The summed E-state index contributed by atoms with van der Waals surface area (Å²) in [5, 5.41) is 5.57. The molecule has 0 unspecified atom stereocenters. The minimum Gasteiger partial charge on any atom is -0.348 e. The highest BCUT2D eigenvalue weighted by Gasteiger charge is 2.27. The van der Waals surface area contributed by atoms with Crippen molar-refractivity contribution in [1.82, 2.24) is 14.5 Å². The molecule has 9 heteroatoms. The number of rotatable bonds is 5. The lowest BCUT2D eigenvalue weighted by Crippen LogP contribution is -2.47. The van der Waals surface area contributed by atoms with E-state index in [9.17, 15) is 18.0 Å². The average molecular weight is 429 g/mol. The van der Waals surface area contributed by atoms with Crippen molar-refractivity contribution in [3.63, 3.8) is 0 Å². The highest BCUT2D eigenvalue weighted by Crippen LogP contribution is 2.24. The molecule has 2 amide bonds. The molecule has 30 heavy (non-hydrogen) atoms. The Hall–Kier alpha value is -2.75. The lowest BCUT2D eigenvalue weighted by molar-refractivity contribution is -0.115. The fraction of sp³-hybridized carbons (Fsp3) is 0.333. The number of nitrogens with zero attached hydrogens (tertiary/aromatic N) is 2. The van der Waals surface area contributed by atoms with Crippen molar-refractivity contribution in [1.29, 1.82) is 0 Å². The molecular weight excluding hydrogens is 404 g/mol. The van der Waals surface area contributed by atoms with Crippen LogP contribution in [0.25, 0.3) is 0 Å². The van der Waals surface area contributed by atoms with Crippen LogP contribution in [0.2, 0.25) is 0 Å². The monoisotopic (exact) mass is 428 g/mol. The van der Waals surface area contributed by atoms with E-state index in [4.69, 9.17) is 0 Å². The van der Waals surface area contributed by atoms with Gasteiger partial charge in [0.15, 0.2) is 0 Å². The van der Waals surface area contributed by atoms with Crippen LogP contribution < -0.4 is 10.6 Å². The number of amides is 2. The van der Waals surface area contributed by atoms with Gasteiger partial charge >= 0.3 is 0 Å². The summed E-state index contributed by atoms with van der Waals surface area (Å²) in [5.41, 5.74) is 2.85. The molecule has 8 nitrogen and oxygen atoms in total. The molecule has 0 spiro atoms. The Morgan fingerprint density at radius 1 is 1.07 bits per heavy atom. The molecule has 4 rings (SSSR count). The number of hydrogen-bond acceptors (Lipinski definition) is 5.